The summed E-state index contributed by atoms with van der Waals surface area (Å²) in [6, 6.07) is 5.23. The third-order valence-corrected chi connectivity index (χ3v) is 5.81. The Morgan fingerprint density at radius 2 is 1.70 bits per heavy atom. The third kappa shape index (κ3) is 11.1. The molecule has 152 valence electrons. The highest BCUT2D eigenvalue weighted by Crippen LogP contribution is 2.21. The van der Waals surface area contributed by atoms with E-state index in [4.69, 9.17) is 14.2 Å². The van der Waals surface area contributed by atoms with Gasteiger partial charge in [-0.2, -0.15) is 0 Å². The fraction of sp³-hybridized carbons (Fsp3) is 0.588. The number of hydrogen-bond donors (Lipinski definition) is 0. The molecule has 8 nitrogen and oxygen atoms in total. The van der Waals surface area contributed by atoms with Crippen LogP contribution in [0.2, 0.25) is 0 Å². The van der Waals surface area contributed by atoms with Gasteiger partial charge in [0.1, 0.15) is 12.4 Å². The number of hydrogen-bond acceptors (Lipinski definition) is 9. The number of nitro groups is 1. The van der Waals surface area contributed by atoms with Crippen molar-refractivity contribution in [3.8, 4) is 5.75 Å². The van der Waals surface area contributed by atoms with Crippen molar-refractivity contribution in [3.05, 3.63) is 34.4 Å². The van der Waals surface area contributed by atoms with Crippen molar-refractivity contribution in [2.75, 3.05) is 51.0 Å². The molecule has 0 amide bonds. The average Bonchev–Trinajstić information content (AvgIpc) is 2.66. The molecule has 27 heavy (non-hydrogen) atoms. The van der Waals surface area contributed by atoms with Crippen LogP contribution in [0, 0.1) is 10.1 Å². The van der Waals surface area contributed by atoms with E-state index >= 15 is 0 Å². The fourth-order valence-corrected chi connectivity index (χ4v) is 3.66. The summed E-state index contributed by atoms with van der Waals surface area (Å²) in [5.41, 5.74) is -0.0684. The molecule has 1 rings (SSSR count). The van der Waals surface area contributed by atoms with Crippen molar-refractivity contribution >= 4 is 33.4 Å². The summed E-state index contributed by atoms with van der Waals surface area (Å²) in [4.78, 5) is 23.9. The second-order valence-electron chi connectivity index (χ2n) is 5.23. The lowest BCUT2D eigenvalue weighted by Gasteiger charge is -2.17. The molecule has 0 bridgehead atoms. The number of ether oxygens (including phenoxy) is 3. The molecule has 0 aliphatic heterocycles. The number of nitro benzene ring substituents is 1. The third-order valence-electron chi connectivity index (χ3n) is 3.48. The van der Waals surface area contributed by atoms with E-state index in [1.807, 2.05) is 0 Å². The zero-order chi connectivity index (χ0) is 19.9. The van der Waals surface area contributed by atoms with Crippen LogP contribution >= 0.6 is 21.6 Å². The fourth-order valence-electron chi connectivity index (χ4n) is 1.97. The van der Waals surface area contributed by atoms with Gasteiger partial charge in [0.05, 0.1) is 18.1 Å². The molecule has 10 heteroatoms. The van der Waals surface area contributed by atoms with Gasteiger partial charge in [0, 0.05) is 30.2 Å². The minimum absolute atomic E-state index is 0.0684. The number of likely N-dealkylation sites (N-methyl/N-ethyl adjacent to an activating group) is 1. The Morgan fingerprint density at radius 1 is 1.07 bits per heavy atom. The van der Waals surface area contributed by atoms with Crippen LogP contribution in [0.15, 0.2) is 24.3 Å². The number of rotatable bonds is 14. The molecule has 0 unspecified atom stereocenters. The quantitative estimate of drug-likeness (QED) is 0.112. The molecule has 0 N–H and O–H groups in total. The molecule has 0 aliphatic rings. The van der Waals surface area contributed by atoms with E-state index in [1.165, 1.54) is 24.3 Å². The molecule has 0 fully saturated rings. The van der Waals surface area contributed by atoms with Crippen LogP contribution in [0.4, 0.5) is 10.5 Å². The lowest BCUT2D eigenvalue weighted by Crippen LogP contribution is -2.27. The van der Waals surface area contributed by atoms with E-state index in [9.17, 15) is 14.9 Å². The van der Waals surface area contributed by atoms with Gasteiger partial charge in [-0.25, -0.2) is 4.79 Å². The van der Waals surface area contributed by atoms with Crippen molar-refractivity contribution < 1.29 is 23.9 Å². The van der Waals surface area contributed by atoms with E-state index in [2.05, 4.69) is 18.7 Å². The molecule has 1 aromatic rings. The Kier molecular flexibility index (Phi) is 12.7. The predicted molar refractivity (Wildman–Crippen MR) is 109 cm³/mol. The molecule has 0 saturated heterocycles. The molecule has 0 saturated carbocycles. The summed E-state index contributed by atoms with van der Waals surface area (Å²) in [5, 5.41) is 10.5. The smallest absolute Gasteiger partial charge is 0.433 e. The minimum atomic E-state index is -0.825. The first-order chi connectivity index (χ1) is 13.1. The van der Waals surface area contributed by atoms with Crippen LogP contribution in [-0.4, -0.2) is 66.9 Å². The highest BCUT2D eigenvalue weighted by Gasteiger charge is 2.09. The number of non-ortho nitro benzene ring substituents is 1. The van der Waals surface area contributed by atoms with Crippen LogP contribution in [-0.2, 0) is 9.47 Å². The molecule has 0 heterocycles. The summed E-state index contributed by atoms with van der Waals surface area (Å²) in [6.45, 7) is 8.97. The molecule has 0 radical (unpaired) electrons. The number of carbonyl (C=O) groups is 1. The lowest BCUT2D eigenvalue weighted by atomic mass is 10.3. The number of nitrogens with zero attached hydrogens (tertiary/aromatic N) is 2. The molecule has 0 aliphatic carbocycles. The van der Waals surface area contributed by atoms with Gasteiger partial charge in [-0.05, 0) is 25.2 Å². The zero-order valence-corrected chi connectivity index (χ0v) is 17.3. The molecular formula is C17H26N2O6S2. The standard InChI is InChI=1S/C17H26N2O6S2/c1-3-18(4-2)9-10-23-11-13-26-27-14-12-24-17(20)25-16-7-5-15(6-8-16)19(21)22/h5-8H,3-4,9-14H2,1-2H3. The van der Waals surface area contributed by atoms with Gasteiger partial charge in [0.2, 0.25) is 0 Å². The molecule has 0 aromatic heterocycles. The summed E-state index contributed by atoms with van der Waals surface area (Å²) in [5.74, 6) is 1.71. The van der Waals surface area contributed by atoms with Crippen molar-refractivity contribution in [1.29, 1.82) is 0 Å². The zero-order valence-electron chi connectivity index (χ0n) is 15.6. The largest absolute Gasteiger partial charge is 0.513 e. The second-order valence-corrected chi connectivity index (χ2v) is 7.94. The van der Waals surface area contributed by atoms with Crippen LogP contribution < -0.4 is 4.74 Å². The molecule has 0 atom stereocenters. The van der Waals surface area contributed by atoms with E-state index in [0.717, 1.165) is 32.0 Å². The molecule has 1 aromatic carbocycles. The van der Waals surface area contributed by atoms with Crippen molar-refractivity contribution in [1.82, 2.24) is 4.90 Å². The normalized spacial score (nSPS) is 10.8. The van der Waals surface area contributed by atoms with E-state index < -0.39 is 11.1 Å². The van der Waals surface area contributed by atoms with Crippen LogP contribution in [0.3, 0.4) is 0 Å². The van der Waals surface area contributed by atoms with Crippen molar-refractivity contribution in [3.63, 3.8) is 0 Å². The maximum absolute atomic E-state index is 11.5. The highest BCUT2D eigenvalue weighted by atomic mass is 33.1. The van der Waals surface area contributed by atoms with Crippen LogP contribution in [0.25, 0.3) is 0 Å². The second kappa shape index (κ2) is 14.6. The topological polar surface area (TPSA) is 91.1 Å². The highest BCUT2D eigenvalue weighted by molar-refractivity contribution is 8.76. The first-order valence-electron chi connectivity index (χ1n) is 8.70. The average molecular weight is 419 g/mol. The first-order valence-corrected chi connectivity index (χ1v) is 11.2. The summed E-state index contributed by atoms with van der Waals surface area (Å²) >= 11 is 0. The maximum atomic E-state index is 11.5. The van der Waals surface area contributed by atoms with Gasteiger partial charge in [-0.15, -0.1) is 0 Å². The minimum Gasteiger partial charge on any atom is -0.433 e. The van der Waals surface area contributed by atoms with Gasteiger partial charge < -0.3 is 19.1 Å². The van der Waals surface area contributed by atoms with Crippen molar-refractivity contribution in [2.45, 2.75) is 13.8 Å². The number of benzene rings is 1. The Morgan fingerprint density at radius 3 is 2.30 bits per heavy atom. The van der Waals surface area contributed by atoms with Crippen LogP contribution in [0.5, 0.6) is 5.75 Å². The Hall–Kier alpha value is -1.49. The van der Waals surface area contributed by atoms with E-state index in [-0.39, 0.29) is 18.0 Å². The predicted octanol–water partition coefficient (Wildman–Crippen LogP) is 3.85. The number of carbonyl (C=O) groups excluding carboxylic acids is 1. The monoisotopic (exact) mass is 418 g/mol. The molecule has 0 spiro atoms. The van der Waals surface area contributed by atoms with Gasteiger partial charge >= 0.3 is 6.16 Å². The Labute approximate surface area is 167 Å². The van der Waals surface area contributed by atoms with Gasteiger partial charge in [0.15, 0.2) is 0 Å². The van der Waals surface area contributed by atoms with Crippen LogP contribution in [0.1, 0.15) is 13.8 Å². The Balaban J connectivity index is 1.98. The summed E-state index contributed by atoms with van der Waals surface area (Å²) in [6.07, 6.45) is -0.825. The Bertz CT molecular complexity index is 555. The van der Waals surface area contributed by atoms with Gasteiger partial charge in [-0.1, -0.05) is 35.4 Å². The summed E-state index contributed by atoms with van der Waals surface area (Å²) in [7, 11) is 3.26. The van der Waals surface area contributed by atoms with E-state index in [1.54, 1.807) is 21.6 Å². The first kappa shape index (κ1) is 23.5. The SMILES string of the molecule is CCN(CC)CCOCCSSCCOC(=O)Oc1ccc([N+](=O)[O-])cc1. The lowest BCUT2D eigenvalue weighted by molar-refractivity contribution is -0.384. The van der Waals surface area contributed by atoms with E-state index in [0.29, 0.717) is 12.4 Å². The van der Waals surface area contributed by atoms with Crippen molar-refractivity contribution in [2.24, 2.45) is 0 Å². The van der Waals surface area contributed by atoms with Gasteiger partial charge in [0.25, 0.3) is 5.69 Å². The van der Waals surface area contributed by atoms with Gasteiger partial charge in [-0.3, -0.25) is 10.1 Å². The summed E-state index contributed by atoms with van der Waals surface area (Å²) < 4.78 is 15.5. The maximum Gasteiger partial charge on any atom is 0.513 e. The molecular weight excluding hydrogens is 392 g/mol.